The van der Waals surface area contributed by atoms with E-state index in [1.807, 2.05) is 0 Å². The second-order valence-electron chi connectivity index (χ2n) is 21.0. The van der Waals surface area contributed by atoms with Gasteiger partial charge in [-0.15, -0.1) is 0 Å². The van der Waals surface area contributed by atoms with Crippen LogP contribution in [0.5, 0.6) is 0 Å². The first-order valence-corrected chi connectivity index (χ1v) is 26.0. The monoisotopic (exact) mass is 946 g/mol. The highest BCUT2D eigenvalue weighted by Crippen LogP contribution is 2.60. The number of aromatic nitrogens is 1. The molecule has 0 bridgehead atoms. The molecule has 14 rings (SSSR count). The molecule has 0 amide bonds. The van der Waals surface area contributed by atoms with E-state index in [1.165, 1.54) is 117 Å². The van der Waals surface area contributed by atoms with E-state index in [4.69, 9.17) is 0 Å². The molecule has 0 N–H and O–H groups in total. The molecule has 0 saturated heterocycles. The average Bonchev–Trinajstić information content (AvgIpc) is 4.02. The lowest BCUT2D eigenvalue weighted by Gasteiger charge is -2.35. The van der Waals surface area contributed by atoms with Crippen LogP contribution in [-0.2, 0) is 10.8 Å². The number of nitrogens with zero attached hydrogens (tertiary/aromatic N) is 2. The predicted molar refractivity (Wildman–Crippen MR) is 311 cm³/mol. The number of benzene rings is 11. The van der Waals surface area contributed by atoms with Crippen molar-refractivity contribution in [2.75, 3.05) is 4.90 Å². The van der Waals surface area contributed by atoms with Crippen LogP contribution in [0.1, 0.15) is 58.4 Å². The van der Waals surface area contributed by atoms with Gasteiger partial charge in [-0.3, -0.25) is 0 Å². The lowest BCUT2D eigenvalue weighted by atomic mass is 9.67. The van der Waals surface area contributed by atoms with Gasteiger partial charge < -0.3 is 9.47 Å². The second-order valence-corrected chi connectivity index (χ2v) is 21.0. The van der Waals surface area contributed by atoms with Crippen molar-refractivity contribution in [3.05, 3.63) is 299 Å². The lowest BCUT2D eigenvalue weighted by Crippen LogP contribution is -2.29. The largest absolute Gasteiger partial charge is 0.310 e. The first kappa shape index (κ1) is 43.8. The van der Waals surface area contributed by atoms with Crippen LogP contribution in [0.3, 0.4) is 0 Å². The molecule has 0 spiro atoms. The molecule has 2 nitrogen and oxygen atoms in total. The van der Waals surface area contributed by atoms with Crippen molar-refractivity contribution in [2.24, 2.45) is 0 Å². The molecular formula is C72H54N2. The van der Waals surface area contributed by atoms with Gasteiger partial charge in [-0.1, -0.05) is 219 Å². The average molecular weight is 947 g/mol. The topological polar surface area (TPSA) is 8.17 Å². The fourth-order valence-electron chi connectivity index (χ4n) is 12.9. The SMILES string of the molecule is Cc1ccc(C2(c3ccc(C)cc3)c3cc(N(c4cc(-c5ccccc5)cc(-c5ccccc5)c4)c4ccc5c(c4)C(C)(C)c4ccccc4-5)ccc3-c3c(-n4c5ccccc5c5ccccc54)cccc32)cc1. The highest BCUT2D eigenvalue weighted by molar-refractivity contribution is 6.10. The summed E-state index contributed by atoms with van der Waals surface area (Å²) < 4.78 is 2.51. The molecule has 0 fully saturated rings. The maximum Gasteiger partial charge on any atom is 0.0715 e. The molecule has 2 heteroatoms. The summed E-state index contributed by atoms with van der Waals surface area (Å²) in [5.74, 6) is 0. The van der Waals surface area contributed by atoms with E-state index in [1.54, 1.807) is 0 Å². The molecule has 1 heterocycles. The molecule has 352 valence electrons. The summed E-state index contributed by atoms with van der Waals surface area (Å²) in [7, 11) is 0. The molecule has 0 aliphatic heterocycles. The zero-order valence-electron chi connectivity index (χ0n) is 42.1. The van der Waals surface area contributed by atoms with Crippen molar-refractivity contribution >= 4 is 38.9 Å². The zero-order chi connectivity index (χ0) is 49.7. The van der Waals surface area contributed by atoms with Crippen molar-refractivity contribution in [1.82, 2.24) is 4.57 Å². The highest BCUT2D eigenvalue weighted by atomic mass is 15.1. The molecule has 1 aromatic heterocycles. The zero-order valence-corrected chi connectivity index (χ0v) is 42.1. The van der Waals surface area contributed by atoms with Crippen LogP contribution >= 0.6 is 0 Å². The second kappa shape index (κ2) is 16.8. The van der Waals surface area contributed by atoms with Crippen molar-refractivity contribution in [3.63, 3.8) is 0 Å². The number of para-hydroxylation sites is 2. The molecule has 0 saturated carbocycles. The fourth-order valence-corrected chi connectivity index (χ4v) is 12.9. The molecule has 0 unspecified atom stereocenters. The van der Waals surface area contributed by atoms with Crippen LogP contribution in [0, 0.1) is 13.8 Å². The van der Waals surface area contributed by atoms with E-state index in [0.29, 0.717) is 0 Å². The normalized spacial score (nSPS) is 13.6. The predicted octanol–water partition coefficient (Wildman–Crippen LogP) is 18.9. The van der Waals surface area contributed by atoms with E-state index in [9.17, 15) is 0 Å². The third-order valence-electron chi connectivity index (χ3n) is 16.4. The third-order valence-corrected chi connectivity index (χ3v) is 16.4. The van der Waals surface area contributed by atoms with Crippen LogP contribution in [0.4, 0.5) is 17.1 Å². The van der Waals surface area contributed by atoms with Gasteiger partial charge in [0, 0.05) is 38.8 Å². The van der Waals surface area contributed by atoms with Gasteiger partial charge in [0.1, 0.15) is 0 Å². The summed E-state index contributed by atoms with van der Waals surface area (Å²) in [6, 6.07) is 95.8. The molecule has 12 aromatic rings. The summed E-state index contributed by atoms with van der Waals surface area (Å²) in [6.45, 7) is 9.15. The number of fused-ring (bicyclic) bond motifs is 9. The Kier molecular flexibility index (Phi) is 9.94. The number of hydrogen-bond acceptors (Lipinski definition) is 1. The maximum atomic E-state index is 2.54. The van der Waals surface area contributed by atoms with Crippen molar-refractivity contribution < 1.29 is 0 Å². The standard InChI is InChI=1S/C72H54N2/c1-47-30-34-53(35-31-47)72(54-36-32-48(2)33-37-54)64-26-17-29-69(74-67-27-15-12-23-60(67)61-24-13-16-28-68(61)74)70(64)62-41-39-56(46-66(62)72)73(55-38-40-59-58-22-11-14-25-63(58)71(3,4)65(59)45-55)57-43-51(49-18-7-5-8-19-49)42-52(44-57)50-20-9-6-10-21-50/h5-46H,1-4H3. The first-order chi connectivity index (χ1) is 36.3. The number of rotatable bonds is 8. The Hall–Kier alpha value is -8.98. The molecule has 2 aliphatic rings. The Bertz CT molecular complexity index is 4000. The molecule has 0 atom stereocenters. The van der Waals surface area contributed by atoms with Crippen LogP contribution in [0.25, 0.3) is 72.0 Å². The van der Waals surface area contributed by atoms with E-state index < -0.39 is 5.41 Å². The fraction of sp³-hybridized carbons (Fsp3) is 0.0833. The van der Waals surface area contributed by atoms with Gasteiger partial charge >= 0.3 is 0 Å². The minimum Gasteiger partial charge on any atom is -0.310 e. The van der Waals surface area contributed by atoms with Crippen molar-refractivity contribution in [1.29, 1.82) is 0 Å². The summed E-state index contributed by atoms with van der Waals surface area (Å²) in [4.78, 5) is 2.53. The molecule has 74 heavy (non-hydrogen) atoms. The van der Waals surface area contributed by atoms with Crippen molar-refractivity contribution in [2.45, 2.75) is 38.5 Å². The minimum absolute atomic E-state index is 0.191. The molecular weight excluding hydrogens is 893 g/mol. The van der Waals surface area contributed by atoms with Crippen LogP contribution in [0.15, 0.2) is 255 Å². The van der Waals surface area contributed by atoms with Gasteiger partial charge in [0.15, 0.2) is 0 Å². The Morgan fingerprint density at radius 1 is 0.338 bits per heavy atom. The number of aryl methyl sites for hydroxylation is 2. The molecule has 2 aliphatic carbocycles. The van der Waals surface area contributed by atoms with Gasteiger partial charge in [-0.05, 0) is 147 Å². The van der Waals surface area contributed by atoms with Gasteiger partial charge in [-0.2, -0.15) is 0 Å². The number of hydrogen-bond donors (Lipinski definition) is 0. The lowest BCUT2D eigenvalue weighted by molar-refractivity contribution is 0.660. The third kappa shape index (κ3) is 6.57. The smallest absolute Gasteiger partial charge is 0.0715 e. The Morgan fingerprint density at radius 2 is 0.824 bits per heavy atom. The molecule has 0 radical (unpaired) electrons. The van der Waals surface area contributed by atoms with Crippen LogP contribution < -0.4 is 4.90 Å². The number of anilines is 3. The van der Waals surface area contributed by atoms with Gasteiger partial charge in [-0.25, -0.2) is 0 Å². The van der Waals surface area contributed by atoms with E-state index in [2.05, 4.69) is 292 Å². The summed E-state index contributed by atoms with van der Waals surface area (Å²) in [5.41, 5.74) is 26.0. The van der Waals surface area contributed by atoms with E-state index >= 15 is 0 Å². The molecule has 11 aromatic carbocycles. The van der Waals surface area contributed by atoms with Crippen LogP contribution in [0.2, 0.25) is 0 Å². The van der Waals surface area contributed by atoms with Gasteiger partial charge in [0.25, 0.3) is 0 Å². The summed E-state index contributed by atoms with van der Waals surface area (Å²) in [5, 5.41) is 2.50. The van der Waals surface area contributed by atoms with Crippen molar-refractivity contribution in [3.8, 4) is 50.2 Å². The van der Waals surface area contributed by atoms with Crippen LogP contribution in [-0.4, -0.2) is 4.57 Å². The Morgan fingerprint density at radius 3 is 1.42 bits per heavy atom. The quantitative estimate of drug-likeness (QED) is 0.147. The summed E-state index contributed by atoms with van der Waals surface area (Å²) in [6.07, 6.45) is 0. The Balaban J connectivity index is 1.09. The highest BCUT2D eigenvalue weighted by Gasteiger charge is 2.48. The van der Waals surface area contributed by atoms with Gasteiger partial charge in [0.05, 0.1) is 22.1 Å². The van der Waals surface area contributed by atoms with E-state index in [0.717, 1.165) is 17.1 Å². The minimum atomic E-state index is -0.675. The summed E-state index contributed by atoms with van der Waals surface area (Å²) >= 11 is 0. The van der Waals surface area contributed by atoms with E-state index in [-0.39, 0.29) is 5.41 Å². The van der Waals surface area contributed by atoms with Gasteiger partial charge in [0.2, 0.25) is 0 Å². The first-order valence-electron chi connectivity index (χ1n) is 26.0. The maximum absolute atomic E-state index is 2.54. The Labute approximate surface area is 434 Å².